The molecule has 0 unspecified atom stereocenters. The molecule has 0 radical (unpaired) electrons. The minimum Gasteiger partial charge on any atom is -0.494 e. The summed E-state index contributed by atoms with van der Waals surface area (Å²) in [7, 11) is 0. The number of hydrogen-bond donors (Lipinski definition) is 1. The first-order valence-electron chi connectivity index (χ1n) is 10.5. The van der Waals surface area contributed by atoms with E-state index in [0.29, 0.717) is 33.2 Å². The van der Waals surface area contributed by atoms with Gasteiger partial charge in [0.15, 0.2) is 11.0 Å². The molecule has 0 fully saturated rings. The van der Waals surface area contributed by atoms with Gasteiger partial charge < -0.3 is 4.74 Å². The number of carbonyl (C=O) groups excluding carboxylic acids is 1. The van der Waals surface area contributed by atoms with E-state index in [2.05, 4.69) is 25.7 Å². The second kappa shape index (κ2) is 11.8. The molecule has 2 heterocycles. The summed E-state index contributed by atoms with van der Waals surface area (Å²) in [6.45, 7) is 2.51. The van der Waals surface area contributed by atoms with Crippen molar-refractivity contribution in [1.29, 1.82) is 0 Å². The molecule has 0 aliphatic carbocycles. The van der Waals surface area contributed by atoms with E-state index in [1.54, 1.807) is 30.6 Å². The van der Waals surface area contributed by atoms with Crippen LogP contribution in [0.3, 0.4) is 0 Å². The third-order valence-electron chi connectivity index (χ3n) is 4.67. The van der Waals surface area contributed by atoms with E-state index in [0.717, 1.165) is 17.0 Å². The van der Waals surface area contributed by atoms with Crippen LogP contribution in [0.25, 0.3) is 17.1 Å². The number of halogens is 2. The number of aromatic nitrogens is 4. The Morgan fingerprint density at radius 3 is 2.57 bits per heavy atom. The number of rotatable bonds is 9. The minimum absolute atomic E-state index is 0.0653. The topological polar surface area (TPSA) is 94.3 Å². The summed E-state index contributed by atoms with van der Waals surface area (Å²) in [5, 5.41) is 14.1. The maximum absolute atomic E-state index is 12.4. The van der Waals surface area contributed by atoms with Crippen LogP contribution < -0.4 is 10.2 Å². The van der Waals surface area contributed by atoms with Gasteiger partial charge in [-0.15, -0.1) is 10.2 Å². The summed E-state index contributed by atoms with van der Waals surface area (Å²) < 4.78 is 7.42. The van der Waals surface area contributed by atoms with Crippen LogP contribution in [0.5, 0.6) is 5.75 Å². The predicted octanol–water partition coefficient (Wildman–Crippen LogP) is 5.28. The first-order valence-corrected chi connectivity index (χ1v) is 12.3. The van der Waals surface area contributed by atoms with Crippen molar-refractivity contribution in [2.45, 2.75) is 12.1 Å². The van der Waals surface area contributed by atoms with Gasteiger partial charge in [-0.3, -0.25) is 14.3 Å². The number of ether oxygens (including phenoxy) is 1. The fraction of sp³-hybridized carbons (Fsp3) is 0.125. The van der Waals surface area contributed by atoms with Crippen molar-refractivity contribution in [2.24, 2.45) is 5.10 Å². The first-order chi connectivity index (χ1) is 17.1. The summed E-state index contributed by atoms with van der Waals surface area (Å²) in [4.78, 5) is 16.6. The average Bonchev–Trinajstić information content (AvgIpc) is 3.30. The third kappa shape index (κ3) is 6.19. The lowest BCUT2D eigenvalue weighted by Gasteiger charge is -2.11. The van der Waals surface area contributed by atoms with Crippen LogP contribution in [0.4, 0.5) is 0 Å². The van der Waals surface area contributed by atoms with Gasteiger partial charge in [-0.25, -0.2) is 5.43 Å². The summed E-state index contributed by atoms with van der Waals surface area (Å²) in [6.07, 6.45) is 4.82. The highest BCUT2D eigenvalue weighted by atomic mass is 35.5. The number of hydrazone groups is 1. The van der Waals surface area contributed by atoms with Gasteiger partial charge >= 0.3 is 0 Å². The molecule has 178 valence electrons. The Morgan fingerprint density at radius 2 is 1.89 bits per heavy atom. The number of nitrogens with one attached hydrogen (secondary N) is 1. The molecule has 1 N–H and O–H groups in total. The Morgan fingerprint density at radius 1 is 1.11 bits per heavy atom. The lowest BCUT2D eigenvalue weighted by Crippen LogP contribution is -2.20. The van der Waals surface area contributed by atoms with Gasteiger partial charge in [0.1, 0.15) is 5.75 Å². The van der Waals surface area contributed by atoms with E-state index in [4.69, 9.17) is 27.9 Å². The van der Waals surface area contributed by atoms with Crippen LogP contribution in [0, 0.1) is 0 Å². The highest BCUT2D eigenvalue weighted by molar-refractivity contribution is 7.99. The minimum atomic E-state index is -0.321. The monoisotopic (exact) mass is 526 g/mol. The molecule has 4 rings (SSSR count). The molecule has 0 aliphatic heterocycles. The van der Waals surface area contributed by atoms with Crippen molar-refractivity contribution in [3.63, 3.8) is 0 Å². The van der Waals surface area contributed by atoms with Gasteiger partial charge in [0.2, 0.25) is 0 Å². The van der Waals surface area contributed by atoms with E-state index < -0.39 is 0 Å². The molecule has 8 nitrogen and oxygen atoms in total. The summed E-state index contributed by atoms with van der Waals surface area (Å²) >= 11 is 13.5. The summed E-state index contributed by atoms with van der Waals surface area (Å²) in [6, 6.07) is 16.4. The van der Waals surface area contributed by atoms with Crippen molar-refractivity contribution in [3.05, 3.63) is 82.6 Å². The van der Waals surface area contributed by atoms with Crippen molar-refractivity contribution in [2.75, 3.05) is 12.4 Å². The molecule has 0 saturated heterocycles. The van der Waals surface area contributed by atoms with Crippen molar-refractivity contribution >= 4 is 47.1 Å². The lowest BCUT2D eigenvalue weighted by atomic mass is 10.2. The maximum Gasteiger partial charge on any atom is 0.250 e. The predicted molar refractivity (Wildman–Crippen MR) is 139 cm³/mol. The van der Waals surface area contributed by atoms with Gasteiger partial charge in [0.05, 0.1) is 28.6 Å². The van der Waals surface area contributed by atoms with E-state index >= 15 is 0 Å². The quantitative estimate of drug-likeness (QED) is 0.181. The molecule has 0 saturated carbocycles. The molecular formula is C24H20Cl2N6O2S. The Balaban J connectivity index is 1.52. The fourth-order valence-electron chi connectivity index (χ4n) is 3.10. The van der Waals surface area contributed by atoms with E-state index in [-0.39, 0.29) is 11.7 Å². The third-order valence-corrected chi connectivity index (χ3v) is 6.26. The SMILES string of the molecule is CCOc1ccc(-n2c(SCC(=O)N/N=C/c3c(Cl)cccc3Cl)nnc2-c2cccnc2)cc1. The van der Waals surface area contributed by atoms with Crippen molar-refractivity contribution in [3.8, 4) is 22.8 Å². The Hall–Kier alpha value is -3.40. The molecule has 0 spiro atoms. The number of nitrogens with zero attached hydrogens (tertiary/aromatic N) is 5. The number of thioether (sulfide) groups is 1. The standard InChI is InChI=1S/C24H20Cl2N6O2S/c1-2-34-18-10-8-17(9-11-18)32-23(16-5-4-12-27-13-16)30-31-24(32)35-15-22(33)29-28-14-19-20(25)6-3-7-21(19)26/h3-14H,2,15H2,1H3,(H,29,33)/b28-14+. The average molecular weight is 527 g/mol. The molecular weight excluding hydrogens is 507 g/mol. The zero-order valence-electron chi connectivity index (χ0n) is 18.6. The van der Waals surface area contributed by atoms with Gasteiger partial charge in [-0.2, -0.15) is 5.10 Å². The highest BCUT2D eigenvalue weighted by Crippen LogP contribution is 2.28. The Labute approximate surface area is 216 Å². The summed E-state index contributed by atoms with van der Waals surface area (Å²) in [5.74, 6) is 1.11. The van der Waals surface area contributed by atoms with Gasteiger partial charge in [-0.1, -0.05) is 41.0 Å². The molecule has 35 heavy (non-hydrogen) atoms. The van der Waals surface area contributed by atoms with Crippen LogP contribution in [0.2, 0.25) is 10.0 Å². The number of amides is 1. The molecule has 2 aromatic heterocycles. The van der Waals surface area contributed by atoms with Gasteiger partial charge in [0, 0.05) is 29.2 Å². The normalized spacial score (nSPS) is 11.1. The fourth-order valence-corrected chi connectivity index (χ4v) is 4.34. The van der Waals surface area contributed by atoms with Crippen LogP contribution in [0.1, 0.15) is 12.5 Å². The molecule has 4 aromatic rings. The molecule has 1 amide bonds. The molecule has 2 aromatic carbocycles. The lowest BCUT2D eigenvalue weighted by molar-refractivity contribution is -0.118. The second-order valence-electron chi connectivity index (χ2n) is 7.03. The highest BCUT2D eigenvalue weighted by Gasteiger charge is 2.17. The summed E-state index contributed by atoms with van der Waals surface area (Å²) in [5.41, 5.74) is 4.63. The number of carbonyl (C=O) groups is 1. The molecule has 0 bridgehead atoms. The zero-order chi connectivity index (χ0) is 24.6. The van der Waals surface area contributed by atoms with E-state index in [1.807, 2.05) is 47.9 Å². The van der Waals surface area contributed by atoms with Crippen molar-refractivity contribution < 1.29 is 9.53 Å². The Kier molecular flexibility index (Phi) is 8.36. The Bertz CT molecular complexity index is 1310. The van der Waals surface area contributed by atoms with Crippen molar-refractivity contribution in [1.82, 2.24) is 25.2 Å². The largest absolute Gasteiger partial charge is 0.494 e. The smallest absolute Gasteiger partial charge is 0.250 e. The zero-order valence-corrected chi connectivity index (χ0v) is 20.9. The van der Waals surface area contributed by atoms with Gasteiger partial charge in [-0.05, 0) is 55.5 Å². The van der Waals surface area contributed by atoms with Crippen LogP contribution in [0.15, 0.2) is 77.2 Å². The van der Waals surface area contributed by atoms with E-state index in [1.165, 1.54) is 18.0 Å². The number of pyridine rings is 1. The van der Waals surface area contributed by atoms with Crippen LogP contribution >= 0.6 is 35.0 Å². The van der Waals surface area contributed by atoms with E-state index in [9.17, 15) is 4.79 Å². The van der Waals surface area contributed by atoms with Crippen LogP contribution in [-0.2, 0) is 4.79 Å². The number of benzene rings is 2. The maximum atomic E-state index is 12.4. The van der Waals surface area contributed by atoms with Gasteiger partial charge in [0.25, 0.3) is 5.91 Å². The molecule has 0 atom stereocenters. The van der Waals surface area contributed by atoms with Crippen LogP contribution in [-0.4, -0.2) is 44.2 Å². The molecule has 11 heteroatoms. The second-order valence-corrected chi connectivity index (χ2v) is 8.78. The number of hydrogen-bond acceptors (Lipinski definition) is 7. The molecule has 0 aliphatic rings. The first kappa shape index (κ1) is 24.7.